The Balaban J connectivity index is 1.88. The minimum Gasteiger partial charge on any atom is -0.386 e. The van der Waals surface area contributed by atoms with Crippen molar-refractivity contribution >= 4 is 11.6 Å². The van der Waals surface area contributed by atoms with Crippen molar-refractivity contribution in [2.75, 3.05) is 0 Å². The molecule has 2 atom stereocenters. The second kappa shape index (κ2) is 4.40. The SMILES string of the molecule is Cc1cc(N=NC2C(=O)c3ccccc3C2O)no1. The highest BCUT2D eigenvalue weighted by Crippen LogP contribution is 2.33. The summed E-state index contributed by atoms with van der Waals surface area (Å²) in [5.41, 5.74) is 1.09. The maximum Gasteiger partial charge on any atom is 0.216 e. The molecule has 2 aromatic rings. The van der Waals surface area contributed by atoms with E-state index >= 15 is 0 Å². The van der Waals surface area contributed by atoms with Gasteiger partial charge in [-0.25, -0.2) is 0 Å². The Morgan fingerprint density at radius 2 is 2.16 bits per heavy atom. The number of ketones is 1. The van der Waals surface area contributed by atoms with Gasteiger partial charge in [-0.3, -0.25) is 4.79 Å². The first-order valence-corrected chi connectivity index (χ1v) is 5.82. The quantitative estimate of drug-likeness (QED) is 0.836. The van der Waals surface area contributed by atoms with Crippen LogP contribution in [0.3, 0.4) is 0 Å². The molecule has 6 heteroatoms. The van der Waals surface area contributed by atoms with Gasteiger partial charge in [0.2, 0.25) is 5.82 Å². The maximum atomic E-state index is 12.1. The Kier molecular flexibility index (Phi) is 2.72. The van der Waals surface area contributed by atoms with Crippen LogP contribution in [-0.2, 0) is 0 Å². The van der Waals surface area contributed by atoms with E-state index in [0.717, 1.165) is 0 Å². The first kappa shape index (κ1) is 11.7. The molecule has 1 N–H and O–H groups in total. The molecule has 0 fully saturated rings. The van der Waals surface area contributed by atoms with Crippen LogP contribution in [0.4, 0.5) is 5.82 Å². The monoisotopic (exact) mass is 257 g/mol. The number of hydrogen-bond donors (Lipinski definition) is 1. The van der Waals surface area contributed by atoms with Crippen molar-refractivity contribution in [2.24, 2.45) is 10.2 Å². The number of hydrogen-bond acceptors (Lipinski definition) is 6. The Hall–Kier alpha value is -2.34. The van der Waals surface area contributed by atoms with E-state index < -0.39 is 12.1 Å². The van der Waals surface area contributed by atoms with E-state index in [9.17, 15) is 9.90 Å². The maximum absolute atomic E-state index is 12.1. The highest BCUT2D eigenvalue weighted by molar-refractivity contribution is 6.05. The summed E-state index contributed by atoms with van der Waals surface area (Å²) in [6.07, 6.45) is -0.958. The van der Waals surface area contributed by atoms with Crippen LogP contribution in [-0.4, -0.2) is 22.1 Å². The van der Waals surface area contributed by atoms with Crippen molar-refractivity contribution in [1.82, 2.24) is 5.16 Å². The third kappa shape index (κ3) is 1.96. The van der Waals surface area contributed by atoms with Crippen molar-refractivity contribution in [1.29, 1.82) is 0 Å². The van der Waals surface area contributed by atoms with Gasteiger partial charge in [-0.05, 0) is 12.5 Å². The molecule has 0 amide bonds. The van der Waals surface area contributed by atoms with Gasteiger partial charge in [-0.15, -0.1) is 5.11 Å². The highest BCUT2D eigenvalue weighted by atomic mass is 16.5. The van der Waals surface area contributed by atoms with Crippen LogP contribution in [0.5, 0.6) is 0 Å². The zero-order valence-electron chi connectivity index (χ0n) is 10.1. The molecule has 0 bridgehead atoms. The minimum absolute atomic E-state index is 0.230. The highest BCUT2D eigenvalue weighted by Gasteiger charge is 2.38. The predicted octanol–water partition coefficient (Wildman–Crippen LogP) is 2.37. The molecular formula is C13H11N3O3. The van der Waals surface area contributed by atoms with E-state index in [1.807, 2.05) is 0 Å². The fraction of sp³-hybridized carbons (Fsp3) is 0.231. The Bertz CT molecular complexity index is 663. The van der Waals surface area contributed by atoms with Gasteiger partial charge in [-0.1, -0.05) is 29.4 Å². The van der Waals surface area contributed by atoms with Gasteiger partial charge in [0.05, 0.1) is 0 Å². The van der Waals surface area contributed by atoms with E-state index in [1.165, 1.54) is 0 Å². The number of nitrogens with zero attached hydrogens (tertiary/aromatic N) is 3. The first-order valence-electron chi connectivity index (χ1n) is 5.82. The first-order chi connectivity index (χ1) is 9.16. The molecule has 1 aromatic heterocycles. The van der Waals surface area contributed by atoms with Gasteiger partial charge >= 0.3 is 0 Å². The molecule has 0 spiro atoms. The van der Waals surface area contributed by atoms with Crippen molar-refractivity contribution in [2.45, 2.75) is 19.1 Å². The zero-order valence-corrected chi connectivity index (χ0v) is 10.1. The van der Waals surface area contributed by atoms with Crippen LogP contribution in [0.1, 0.15) is 27.8 Å². The minimum atomic E-state index is -0.958. The summed E-state index contributed by atoms with van der Waals surface area (Å²) in [6.45, 7) is 1.73. The van der Waals surface area contributed by atoms with Crippen LogP contribution in [0.25, 0.3) is 0 Å². The number of carbonyl (C=O) groups is 1. The van der Waals surface area contributed by atoms with E-state index in [-0.39, 0.29) is 11.6 Å². The summed E-state index contributed by atoms with van der Waals surface area (Å²) in [7, 11) is 0. The summed E-state index contributed by atoms with van der Waals surface area (Å²) < 4.78 is 4.84. The molecular weight excluding hydrogens is 246 g/mol. The Morgan fingerprint density at radius 3 is 2.84 bits per heavy atom. The Morgan fingerprint density at radius 1 is 1.37 bits per heavy atom. The molecule has 0 radical (unpaired) electrons. The molecule has 0 saturated carbocycles. The number of aliphatic hydroxyl groups excluding tert-OH is 1. The lowest BCUT2D eigenvalue weighted by Crippen LogP contribution is -2.17. The lowest BCUT2D eigenvalue weighted by Gasteiger charge is -2.06. The van der Waals surface area contributed by atoms with E-state index in [4.69, 9.17) is 4.52 Å². The number of aryl methyl sites for hydroxylation is 1. The molecule has 1 aliphatic carbocycles. The third-order valence-corrected chi connectivity index (χ3v) is 3.01. The average molecular weight is 257 g/mol. The van der Waals surface area contributed by atoms with E-state index in [2.05, 4.69) is 15.4 Å². The largest absolute Gasteiger partial charge is 0.386 e. The molecule has 0 saturated heterocycles. The van der Waals surface area contributed by atoms with E-state index in [1.54, 1.807) is 37.3 Å². The molecule has 19 heavy (non-hydrogen) atoms. The number of aromatic nitrogens is 1. The summed E-state index contributed by atoms with van der Waals surface area (Å²) in [5, 5.41) is 21.4. The van der Waals surface area contributed by atoms with Gasteiger partial charge < -0.3 is 9.63 Å². The number of benzene rings is 1. The van der Waals surface area contributed by atoms with Crippen molar-refractivity contribution < 1.29 is 14.4 Å². The summed E-state index contributed by atoms with van der Waals surface area (Å²) >= 11 is 0. The molecule has 6 nitrogen and oxygen atoms in total. The third-order valence-electron chi connectivity index (χ3n) is 3.01. The van der Waals surface area contributed by atoms with Crippen molar-refractivity contribution in [3.05, 3.63) is 47.2 Å². The number of aliphatic hydroxyl groups is 1. The van der Waals surface area contributed by atoms with Crippen LogP contribution < -0.4 is 0 Å². The van der Waals surface area contributed by atoms with Crippen LogP contribution in [0.2, 0.25) is 0 Å². The fourth-order valence-electron chi connectivity index (χ4n) is 2.09. The normalized spacial score (nSPS) is 22.1. The standard InChI is InChI=1S/C13H11N3O3/c1-7-6-10(16-19-7)14-15-11-12(17)8-4-2-3-5-9(8)13(11)18/h2-6,11-12,17H,1H3. The molecule has 96 valence electrons. The second-order valence-electron chi connectivity index (χ2n) is 4.35. The van der Waals surface area contributed by atoms with Gasteiger partial charge in [-0.2, -0.15) is 5.11 Å². The molecule has 2 unspecified atom stereocenters. The van der Waals surface area contributed by atoms with Gasteiger partial charge in [0.1, 0.15) is 11.9 Å². The number of fused-ring (bicyclic) bond motifs is 1. The fourth-order valence-corrected chi connectivity index (χ4v) is 2.09. The van der Waals surface area contributed by atoms with E-state index in [0.29, 0.717) is 16.9 Å². The van der Waals surface area contributed by atoms with Crippen molar-refractivity contribution in [3.8, 4) is 0 Å². The zero-order chi connectivity index (χ0) is 13.4. The number of azo groups is 1. The van der Waals surface area contributed by atoms with Gasteiger partial charge in [0, 0.05) is 11.6 Å². The lowest BCUT2D eigenvalue weighted by molar-refractivity contribution is 0.0874. The van der Waals surface area contributed by atoms with Crippen molar-refractivity contribution in [3.63, 3.8) is 0 Å². The lowest BCUT2D eigenvalue weighted by atomic mass is 10.1. The smallest absolute Gasteiger partial charge is 0.216 e. The number of rotatable bonds is 2. The van der Waals surface area contributed by atoms with Crippen LogP contribution >= 0.6 is 0 Å². The molecule has 1 heterocycles. The van der Waals surface area contributed by atoms with Crippen LogP contribution in [0, 0.1) is 6.92 Å². The van der Waals surface area contributed by atoms with Gasteiger partial charge in [0.15, 0.2) is 11.8 Å². The molecule has 3 rings (SSSR count). The molecule has 1 aromatic carbocycles. The number of Topliss-reactive ketones (excluding diaryl/α,β-unsaturated/α-hetero) is 1. The average Bonchev–Trinajstić information content (AvgIpc) is 2.93. The summed E-state index contributed by atoms with van der Waals surface area (Å²) in [4.78, 5) is 12.1. The Labute approximate surface area is 108 Å². The topological polar surface area (TPSA) is 88.0 Å². The molecule has 1 aliphatic rings. The predicted molar refractivity (Wildman–Crippen MR) is 65.3 cm³/mol. The second-order valence-corrected chi connectivity index (χ2v) is 4.35. The summed E-state index contributed by atoms with van der Waals surface area (Å²) in [5.74, 6) is 0.663. The summed E-state index contributed by atoms with van der Waals surface area (Å²) in [6, 6.07) is 7.61. The number of carbonyl (C=O) groups excluding carboxylic acids is 1. The van der Waals surface area contributed by atoms with Crippen LogP contribution in [0.15, 0.2) is 45.1 Å². The van der Waals surface area contributed by atoms with Gasteiger partial charge in [0.25, 0.3) is 0 Å². The molecule has 0 aliphatic heterocycles.